The first-order valence-electron chi connectivity index (χ1n) is 6.35. The Morgan fingerprint density at radius 1 is 1.00 bits per heavy atom. The van der Waals surface area contributed by atoms with E-state index in [1.165, 1.54) is 22.3 Å². The third kappa shape index (κ3) is 3.30. The predicted octanol–water partition coefficient (Wildman–Crippen LogP) is 3.12. The van der Waals surface area contributed by atoms with Crippen LogP contribution in [0, 0.1) is 27.7 Å². The SMILES string of the molecule is Cc1cc(C)c(C)c(C(O)CCCCO)c1C. The first-order chi connectivity index (χ1) is 7.99. The fraction of sp³-hybridized carbons (Fsp3) is 0.600. The van der Waals surface area contributed by atoms with Crippen LogP contribution in [0.3, 0.4) is 0 Å². The smallest absolute Gasteiger partial charge is 0.0795 e. The van der Waals surface area contributed by atoms with Crippen LogP contribution in [0.15, 0.2) is 6.07 Å². The maximum atomic E-state index is 10.3. The Morgan fingerprint density at radius 3 is 2.00 bits per heavy atom. The molecular formula is C15H24O2. The minimum atomic E-state index is -0.403. The molecule has 0 aliphatic rings. The summed E-state index contributed by atoms with van der Waals surface area (Å²) in [5, 5.41) is 19.0. The van der Waals surface area contributed by atoms with Gasteiger partial charge in [-0.3, -0.25) is 0 Å². The van der Waals surface area contributed by atoms with Crippen LogP contribution >= 0.6 is 0 Å². The molecule has 0 aliphatic heterocycles. The quantitative estimate of drug-likeness (QED) is 0.771. The van der Waals surface area contributed by atoms with E-state index < -0.39 is 6.10 Å². The van der Waals surface area contributed by atoms with Crippen LogP contribution in [0.1, 0.15) is 53.2 Å². The van der Waals surface area contributed by atoms with E-state index in [1.807, 2.05) is 0 Å². The molecule has 0 radical (unpaired) electrons. The topological polar surface area (TPSA) is 40.5 Å². The van der Waals surface area contributed by atoms with Crippen molar-refractivity contribution >= 4 is 0 Å². The molecule has 1 aromatic carbocycles. The highest BCUT2D eigenvalue weighted by Gasteiger charge is 2.15. The van der Waals surface area contributed by atoms with E-state index in [9.17, 15) is 5.11 Å². The van der Waals surface area contributed by atoms with Gasteiger partial charge in [-0.2, -0.15) is 0 Å². The van der Waals surface area contributed by atoms with Crippen molar-refractivity contribution in [1.82, 2.24) is 0 Å². The van der Waals surface area contributed by atoms with Gasteiger partial charge in [-0.1, -0.05) is 6.07 Å². The number of benzene rings is 1. The molecule has 1 aromatic rings. The Balaban J connectivity index is 2.95. The lowest BCUT2D eigenvalue weighted by Gasteiger charge is -2.20. The minimum Gasteiger partial charge on any atom is -0.396 e. The lowest BCUT2D eigenvalue weighted by atomic mass is 9.89. The zero-order chi connectivity index (χ0) is 13.0. The number of aliphatic hydroxyl groups excluding tert-OH is 2. The van der Waals surface area contributed by atoms with Crippen LogP contribution in [0.25, 0.3) is 0 Å². The highest BCUT2D eigenvalue weighted by molar-refractivity contribution is 5.45. The molecule has 1 unspecified atom stereocenters. The van der Waals surface area contributed by atoms with Gasteiger partial charge in [-0.05, 0) is 74.8 Å². The first kappa shape index (κ1) is 14.2. The van der Waals surface area contributed by atoms with Gasteiger partial charge in [0.05, 0.1) is 6.10 Å². The van der Waals surface area contributed by atoms with Gasteiger partial charge < -0.3 is 10.2 Å². The van der Waals surface area contributed by atoms with E-state index in [4.69, 9.17) is 5.11 Å². The summed E-state index contributed by atoms with van der Waals surface area (Å²) < 4.78 is 0. The molecule has 0 amide bonds. The van der Waals surface area contributed by atoms with Crippen molar-refractivity contribution in [3.05, 3.63) is 33.9 Å². The lowest BCUT2D eigenvalue weighted by molar-refractivity contribution is 0.158. The van der Waals surface area contributed by atoms with E-state index in [0.717, 1.165) is 24.8 Å². The van der Waals surface area contributed by atoms with Crippen molar-refractivity contribution in [2.24, 2.45) is 0 Å². The molecule has 96 valence electrons. The number of hydrogen-bond acceptors (Lipinski definition) is 2. The number of hydrogen-bond donors (Lipinski definition) is 2. The number of unbranched alkanes of at least 4 members (excludes halogenated alkanes) is 1. The van der Waals surface area contributed by atoms with Crippen molar-refractivity contribution in [2.75, 3.05) is 6.61 Å². The Hall–Kier alpha value is -0.860. The van der Waals surface area contributed by atoms with Gasteiger partial charge in [-0.25, -0.2) is 0 Å². The van der Waals surface area contributed by atoms with Gasteiger partial charge in [0.2, 0.25) is 0 Å². The molecule has 2 N–H and O–H groups in total. The second-order valence-electron chi connectivity index (χ2n) is 4.91. The average Bonchev–Trinajstić information content (AvgIpc) is 2.27. The fourth-order valence-electron chi connectivity index (χ4n) is 2.34. The normalized spacial score (nSPS) is 12.8. The summed E-state index contributed by atoms with van der Waals surface area (Å²) in [6, 6.07) is 2.18. The third-order valence-corrected chi connectivity index (χ3v) is 3.64. The Morgan fingerprint density at radius 2 is 1.53 bits per heavy atom. The Labute approximate surface area is 104 Å². The third-order valence-electron chi connectivity index (χ3n) is 3.64. The summed E-state index contributed by atoms with van der Waals surface area (Å²) in [7, 11) is 0. The molecule has 2 heteroatoms. The molecule has 2 nitrogen and oxygen atoms in total. The zero-order valence-corrected chi connectivity index (χ0v) is 11.4. The second-order valence-corrected chi connectivity index (χ2v) is 4.91. The molecule has 0 saturated heterocycles. The lowest BCUT2D eigenvalue weighted by Crippen LogP contribution is -2.06. The molecule has 0 heterocycles. The van der Waals surface area contributed by atoms with Crippen LogP contribution in [-0.4, -0.2) is 16.8 Å². The Kier molecular flexibility index (Phi) is 5.16. The van der Waals surface area contributed by atoms with Crippen molar-refractivity contribution in [2.45, 2.75) is 53.1 Å². The largest absolute Gasteiger partial charge is 0.396 e. The van der Waals surface area contributed by atoms with Gasteiger partial charge in [-0.15, -0.1) is 0 Å². The van der Waals surface area contributed by atoms with Gasteiger partial charge in [0, 0.05) is 6.61 Å². The molecule has 1 rings (SSSR count). The van der Waals surface area contributed by atoms with Crippen LogP contribution < -0.4 is 0 Å². The number of rotatable bonds is 5. The predicted molar refractivity (Wildman–Crippen MR) is 71.3 cm³/mol. The summed E-state index contributed by atoms with van der Waals surface area (Å²) in [6.07, 6.45) is 1.95. The summed E-state index contributed by atoms with van der Waals surface area (Å²) in [5.74, 6) is 0. The molecular weight excluding hydrogens is 212 g/mol. The highest BCUT2D eigenvalue weighted by atomic mass is 16.3. The van der Waals surface area contributed by atoms with Crippen LogP contribution in [0.4, 0.5) is 0 Å². The molecule has 0 saturated carbocycles. The molecule has 0 aliphatic carbocycles. The summed E-state index contributed by atoms with van der Waals surface area (Å²) in [5.41, 5.74) is 5.96. The molecule has 0 fully saturated rings. The standard InChI is InChI=1S/C15H24O2/c1-10-9-11(2)13(4)15(12(10)3)14(17)7-5-6-8-16/h9,14,16-17H,5-8H2,1-4H3. The minimum absolute atomic E-state index is 0.206. The van der Waals surface area contributed by atoms with Gasteiger partial charge >= 0.3 is 0 Å². The van der Waals surface area contributed by atoms with Gasteiger partial charge in [0.1, 0.15) is 0 Å². The van der Waals surface area contributed by atoms with Crippen LogP contribution in [0.2, 0.25) is 0 Å². The Bertz CT molecular complexity index is 357. The average molecular weight is 236 g/mol. The first-order valence-corrected chi connectivity index (χ1v) is 6.35. The van der Waals surface area contributed by atoms with E-state index in [-0.39, 0.29) is 6.61 Å². The van der Waals surface area contributed by atoms with Crippen LogP contribution in [0.5, 0.6) is 0 Å². The monoisotopic (exact) mass is 236 g/mol. The molecule has 17 heavy (non-hydrogen) atoms. The van der Waals surface area contributed by atoms with Crippen molar-refractivity contribution in [3.8, 4) is 0 Å². The zero-order valence-electron chi connectivity index (χ0n) is 11.4. The number of aliphatic hydroxyl groups is 2. The molecule has 0 aromatic heterocycles. The maximum absolute atomic E-state index is 10.3. The van der Waals surface area contributed by atoms with E-state index in [1.54, 1.807) is 0 Å². The molecule has 1 atom stereocenters. The second kappa shape index (κ2) is 6.18. The van der Waals surface area contributed by atoms with Crippen molar-refractivity contribution < 1.29 is 10.2 Å². The van der Waals surface area contributed by atoms with Gasteiger partial charge in [0.15, 0.2) is 0 Å². The van der Waals surface area contributed by atoms with E-state index in [2.05, 4.69) is 33.8 Å². The van der Waals surface area contributed by atoms with Crippen molar-refractivity contribution in [1.29, 1.82) is 0 Å². The van der Waals surface area contributed by atoms with Crippen LogP contribution in [-0.2, 0) is 0 Å². The van der Waals surface area contributed by atoms with E-state index in [0.29, 0.717) is 0 Å². The summed E-state index contributed by atoms with van der Waals surface area (Å²) in [6.45, 7) is 8.54. The summed E-state index contributed by atoms with van der Waals surface area (Å²) in [4.78, 5) is 0. The fourth-order valence-corrected chi connectivity index (χ4v) is 2.34. The summed E-state index contributed by atoms with van der Waals surface area (Å²) >= 11 is 0. The maximum Gasteiger partial charge on any atom is 0.0795 e. The molecule has 0 spiro atoms. The van der Waals surface area contributed by atoms with Gasteiger partial charge in [0.25, 0.3) is 0 Å². The highest BCUT2D eigenvalue weighted by Crippen LogP contribution is 2.29. The number of aryl methyl sites for hydroxylation is 2. The van der Waals surface area contributed by atoms with Crippen molar-refractivity contribution in [3.63, 3.8) is 0 Å². The molecule has 0 bridgehead atoms. The van der Waals surface area contributed by atoms with E-state index >= 15 is 0 Å².